The van der Waals surface area contributed by atoms with Gasteiger partial charge in [0.25, 0.3) is 0 Å². The monoisotopic (exact) mass is 484 g/mol. The van der Waals surface area contributed by atoms with Gasteiger partial charge < -0.3 is 25.5 Å². The average molecular weight is 485 g/mol. The van der Waals surface area contributed by atoms with E-state index < -0.39 is 0 Å². The zero-order valence-corrected chi connectivity index (χ0v) is 21.7. The molecule has 0 amide bonds. The first-order valence-electron chi connectivity index (χ1n) is 12.7. The van der Waals surface area contributed by atoms with Crippen molar-refractivity contribution in [1.82, 2.24) is 0 Å². The van der Waals surface area contributed by atoms with Crippen molar-refractivity contribution in [2.75, 3.05) is 53.2 Å². The van der Waals surface area contributed by atoms with Crippen LogP contribution in [0.3, 0.4) is 0 Å². The number of aliphatic hydroxyl groups excluding tert-OH is 1. The van der Waals surface area contributed by atoms with Crippen LogP contribution in [0.2, 0.25) is 0 Å². The molecule has 0 bridgehead atoms. The van der Waals surface area contributed by atoms with Crippen molar-refractivity contribution in [2.45, 2.75) is 26.7 Å². The lowest BCUT2D eigenvalue weighted by Crippen LogP contribution is -2.46. The summed E-state index contributed by atoms with van der Waals surface area (Å²) in [7, 11) is 0. The molecule has 0 unspecified atom stereocenters. The fourth-order valence-electron chi connectivity index (χ4n) is 4.43. The Bertz CT molecular complexity index is 1100. The number of nitrogens with one attached hydrogen (secondary N) is 2. The van der Waals surface area contributed by atoms with Crippen LogP contribution in [0.5, 0.6) is 0 Å². The number of aryl methyl sites for hydroxylation is 1. The van der Waals surface area contributed by atoms with Gasteiger partial charge in [0.1, 0.15) is 0 Å². The third-order valence-corrected chi connectivity index (χ3v) is 6.26. The summed E-state index contributed by atoms with van der Waals surface area (Å²) in [5.41, 5.74) is 7.53. The zero-order valence-electron chi connectivity index (χ0n) is 21.7. The summed E-state index contributed by atoms with van der Waals surface area (Å²) >= 11 is 0. The van der Waals surface area contributed by atoms with E-state index in [4.69, 9.17) is 5.11 Å². The molecule has 1 aliphatic carbocycles. The molecule has 1 fully saturated rings. The van der Waals surface area contributed by atoms with Crippen molar-refractivity contribution in [3.8, 4) is 0 Å². The molecule has 0 atom stereocenters. The largest absolute Gasteiger partial charge is 0.513 e. The summed E-state index contributed by atoms with van der Waals surface area (Å²) in [4.78, 5) is 4.96. The summed E-state index contributed by atoms with van der Waals surface area (Å²) in [6.07, 6.45) is 13.9. The molecule has 1 heterocycles. The summed E-state index contributed by atoms with van der Waals surface area (Å²) in [5, 5.41) is 15.2. The third-order valence-electron chi connectivity index (χ3n) is 6.26. The van der Waals surface area contributed by atoms with Gasteiger partial charge in [-0.3, -0.25) is 0 Å². The van der Waals surface area contributed by atoms with Crippen molar-refractivity contribution in [2.24, 2.45) is 0 Å². The summed E-state index contributed by atoms with van der Waals surface area (Å²) in [6, 6.07) is 15.3. The Morgan fingerprint density at radius 3 is 2.31 bits per heavy atom. The first kappa shape index (κ1) is 26.7. The molecule has 3 N–H and O–H groups in total. The first-order chi connectivity index (χ1) is 17.5. The number of para-hydroxylation sites is 1. The van der Waals surface area contributed by atoms with Gasteiger partial charge in [0.05, 0.1) is 17.1 Å². The second-order valence-corrected chi connectivity index (χ2v) is 9.00. The smallest absolute Gasteiger partial charge is 0.0891 e. The second kappa shape index (κ2) is 13.9. The van der Waals surface area contributed by atoms with E-state index >= 15 is 0 Å². The summed E-state index contributed by atoms with van der Waals surface area (Å²) < 4.78 is 0. The van der Waals surface area contributed by atoms with Gasteiger partial charge in [0.15, 0.2) is 0 Å². The molecule has 0 radical (unpaired) electrons. The molecule has 5 heteroatoms. The fourth-order valence-corrected chi connectivity index (χ4v) is 4.43. The van der Waals surface area contributed by atoms with Crippen LogP contribution in [0.4, 0.5) is 22.7 Å². The molecule has 190 valence electrons. The van der Waals surface area contributed by atoms with Gasteiger partial charge in [-0.1, -0.05) is 55.7 Å². The van der Waals surface area contributed by atoms with Crippen molar-refractivity contribution >= 4 is 22.7 Å². The van der Waals surface area contributed by atoms with Crippen LogP contribution in [0.15, 0.2) is 104 Å². The molecule has 0 aromatic heterocycles. The quantitative estimate of drug-likeness (QED) is 0.273. The van der Waals surface area contributed by atoms with Gasteiger partial charge in [-0.05, 0) is 74.4 Å². The molecule has 1 saturated heterocycles. The van der Waals surface area contributed by atoms with E-state index in [2.05, 4.69) is 101 Å². The number of allylic oxidation sites excluding steroid dienone is 5. The molecular weight excluding hydrogens is 444 g/mol. The molecule has 36 heavy (non-hydrogen) atoms. The number of anilines is 4. The Labute approximate surface area is 216 Å². The molecule has 2 aliphatic rings. The van der Waals surface area contributed by atoms with Crippen LogP contribution in [0.1, 0.15) is 25.3 Å². The Morgan fingerprint density at radius 1 is 1.00 bits per heavy atom. The van der Waals surface area contributed by atoms with Gasteiger partial charge in [-0.2, -0.15) is 0 Å². The molecule has 5 nitrogen and oxygen atoms in total. The van der Waals surface area contributed by atoms with Crippen molar-refractivity contribution < 1.29 is 5.11 Å². The predicted molar refractivity (Wildman–Crippen MR) is 157 cm³/mol. The standard InChI is InChI=1S/C26H32N4.C5H8O/c1-3-27-24-19-23(28-20-22-10-5-4-6-11-22)13-14-26(24)30-17-15-29(16-18-30)25-12-8-7-9-21(25)2;1-3-4-5(2)6/h3,5,7-14,19,27-28H,1,4,6,15-18,20H2,2H3;3-4,6H,1H2,2H3/b;5-4-. The molecular formula is C31H40N4O. The third kappa shape index (κ3) is 7.84. The van der Waals surface area contributed by atoms with Crippen LogP contribution in [-0.4, -0.2) is 37.8 Å². The van der Waals surface area contributed by atoms with Crippen molar-refractivity contribution in [3.05, 3.63) is 109 Å². The van der Waals surface area contributed by atoms with Crippen LogP contribution >= 0.6 is 0 Å². The summed E-state index contributed by atoms with van der Waals surface area (Å²) in [6.45, 7) is 16.0. The lowest BCUT2D eigenvalue weighted by Gasteiger charge is -2.38. The minimum atomic E-state index is 0.296. The van der Waals surface area contributed by atoms with Gasteiger partial charge >= 0.3 is 0 Å². The van der Waals surface area contributed by atoms with E-state index in [-0.39, 0.29) is 0 Å². The Balaban J connectivity index is 0.000000538. The maximum atomic E-state index is 8.34. The minimum absolute atomic E-state index is 0.296. The molecule has 1 aliphatic heterocycles. The maximum Gasteiger partial charge on any atom is 0.0891 e. The zero-order chi connectivity index (χ0) is 25.8. The lowest BCUT2D eigenvalue weighted by atomic mass is 10.1. The van der Waals surface area contributed by atoms with Gasteiger partial charge in [-0.25, -0.2) is 0 Å². The lowest BCUT2D eigenvalue weighted by molar-refractivity contribution is 0.414. The Kier molecular flexibility index (Phi) is 10.3. The van der Waals surface area contributed by atoms with Gasteiger partial charge in [0, 0.05) is 44.1 Å². The van der Waals surface area contributed by atoms with E-state index in [0.717, 1.165) is 56.9 Å². The molecule has 2 aromatic carbocycles. The number of hydrogen-bond acceptors (Lipinski definition) is 5. The Hall–Kier alpha value is -3.86. The highest BCUT2D eigenvalue weighted by Gasteiger charge is 2.20. The van der Waals surface area contributed by atoms with E-state index in [1.165, 1.54) is 34.7 Å². The average Bonchev–Trinajstić information content (AvgIpc) is 2.89. The van der Waals surface area contributed by atoms with Crippen LogP contribution < -0.4 is 20.4 Å². The van der Waals surface area contributed by atoms with E-state index in [1.54, 1.807) is 13.1 Å². The van der Waals surface area contributed by atoms with E-state index in [9.17, 15) is 0 Å². The molecule has 4 rings (SSSR count). The van der Waals surface area contributed by atoms with Crippen LogP contribution in [0, 0.1) is 6.92 Å². The van der Waals surface area contributed by atoms with E-state index in [1.807, 2.05) is 0 Å². The summed E-state index contributed by atoms with van der Waals surface area (Å²) in [5.74, 6) is 0.296. The highest BCUT2D eigenvalue weighted by molar-refractivity contribution is 5.76. The predicted octanol–water partition coefficient (Wildman–Crippen LogP) is 7.20. The minimum Gasteiger partial charge on any atom is -0.513 e. The fraction of sp³-hybridized carbons (Fsp3) is 0.290. The number of aliphatic hydroxyl groups is 1. The number of benzene rings is 2. The van der Waals surface area contributed by atoms with Crippen molar-refractivity contribution in [1.29, 1.82) is 0 Å². The molecule has 0 saturated carbocycles. The number of rotatable bonds is 8. The topological polar surface area (TPSA) is 50.8 Å². The normalized spacial score (nSPS) is 15.4. The number of hydrogen-bond donors (Lipinski definition) is 3. The number of piperazine rings is 1. The van der Waals surface area contributed by atoms with Crippen molar-refractivity contribution in [3.63, 3.8) is 0 Å². The maximum absolute atomic E-state index is 8.34. The first-order valence-corrected chi connectivity index (χ1v) is 12.7. The highest BCUT2D eigenvalue weighted by Crippen LogP contribution is 2.31. The van der Waals surface area contributed by atoms with Crippen LogP contribution in [0.25, 0.3) is 0 Å². The van der Waals surface area contributed by atoms with Gasteiger partial charge in [-0.15, -0.1) is 0 Å². The van der Waals surface area contributed by atoms with Gasteiger partial charge in [0.2, 0.25) is 0 Å². The SMILES string of the molecule is C=C/C=C(/C)O.C=CNc1cc(NCC2=CCCC=C2)ccc1N1CCN(c2ccccc2C)CC1. The molecule has 2 aromatic rings. The molecule has 0 spiro atoms. The van der Waals surface area contributed by atoms with Crippen LogP contribution in [-0.2, 0) is 0 Å². The number of nitrogens with zero attached hydrogens (tertiary/aromatic N) is 2. The Morgan fingerprint density at radius 2 is 1.72 bits per heavy atom. The van der Waals surface area contributed by atoms with E-state index in [0.29, 0.717) is 5.76 Å². The highest BCUT2D eigenvalue weighted by atomic mass is 16.3. The second-order valence-electron chi connectivity index (χ2n) is 9.00.